The predicted octanol–water partition coefficient (Wildman–Crippen LogP) is 4.38. The number of nitro groups is 1. The Morgan fingerprint density at radius 3 is 2.27 bits per heavy atom. The Morgan fingerprint density at radius 1 is 0.970 bits per heavy atom. The van der Waals surface area contributed by atoms with Crippen LogP contribution >= 0.6 is 0 Å². The zero-order valence-corrected chi connectivity index (χ0v) is 19.0. The monoisotopic (exact) mass is 450 g/mol. The highest BCUT2D eigenvalue weighted by Crippen LogP contribution is 2.27. The van der Waals surface area contributed by atoms with Crippen molar-refractivity contribution in [3.05, 3.63) is 63.7 Å². The van der Waals surface area contributed by atoms with E-state index in [0.717, 1.165) is 44.7 Å². The fourth-order valence-electron chi connectivity index (χ4n) is 4.70. The topological polar surface area (TPSA) is 95.8 Å². The van der Waals surface area contributed by atoms with Gasteiger partial charge in [0.15, 0.2) is 0 Å². The summed E-state index contributed by atoms with van der Waals surface area (Å²) in [7, 11) is 0. The molecule has 33 heavy (non-hydrogen) atoms. The summed E-state index contributed by atoms with van der Waals surface area (Å²) in [5.41, 5.74) is 2.36. The summed E-state index contributed by atoms with van der Waals surface area (Å²) in [5.74, 6) is 0.146. The lowest BCUT2D eigenvalue weighted by Crippen LogP contribution is -2.50. The number of piperazine rings is 1. The number of amides is 2. The largest absolute Gasteiger partial charge is 0.368 e. The molecule has 1 N–H and O–H groups in total. The summed E-state index contributed by atoms with van der Waals surface area (Å²) in [5, 5.41) is 13.9. The molecule has 0 radical (unpaired) electrons. The molecule has 2 aliphatic rings. The first-order valence-corrected chi connectivity index (χ1v) is 11.6. The van der Waals surface area contributed by atoms with Gasteiger partial charge in [0.1, 0.15) is 0 Å². The third kappa shape index (κ3) is 5.32. The predicted molar refractivity (Wildman–Crippen MR) is 128 cm³/mol. The number of carbonyl (C=O) groups excluding carboxylic acids is 2. The third-order valence-electron chi connectivity index (χ3n) is 6.70. The second-order valence-corrected chi connectivity index (χ2v) is 8.91. The molecule has 0 spiro atoms. The zero-order chi connectivity index (χ0) is 23.4. The number of anilines is 2. The molecule has 1 heterocycles. The van der Waals surface area contributed by atoms with E-state index in [-0.39, 0.29) is 23.1 Å². The average Bonchev–Trinajstić information content (AvgIpc) is 2.85. The van der Waals surface area contributed by atoms with Gasteiger partial charge in [0, 0.05) is 60.7 Å². The molecule has 2 fully saturated rings. The quantitative estimate of drug-likeness (QED) is 0.539. The number of nitro benzene ring substituents is 1. The molecule has 2 aromatic rings. The Labute approximate surface area is 193 Å². The Bertz CT molecular complexity index is 1020. The minimum absolute atomic E-state index is 0.0703. The molecule has 8 nitrogen and oxygen atoms in total. The van der Waals surface area contributed by atoms with Gasteiger partial charge in [-0.3, -0.25) is 19.7 Å². The van der Waals surface area contributed by atoms with Crippen LogP contribution in [-0.4, -0.2) is 47.8 Å². The summed E-state index contributed by atoms with van der Waals surface area (Å²) < 4.78 is 0. The van der Waals surface area contributed by atoms with Crippen molar-refractivity contribution in [2.75, 3.05) is 36.4 Å². The van der Waals surface area contributed by atoms with Crippen molar-refractivity contribution in [3.8, 4) is 0 Å². The van der Waals surface area contributed by atoms with E-state index in [0.29, 0.717) is 17.2 Å². The van der Waals surface area contributed by atoms with Gasteiger partial charge < -0.3 is 15.1 Å². The maximum atomic E-state index is 12.8. The zero-order valence-electron chi connectivity index (χ0n) is 19.0. The number of rotatable bonds is 5. The maximum absolute atomic E-state index is 12.8. The van der Waals surface area contributed by atoms with E-state index < -0.39 is 4.92 Å². The van der Waals surface area contributed by atoms with Crippen LogP contribution in [0.4, 0.5) is 17.1 Å². The SMILES string of the molecule is Cc1ccc(C(=O)Nc2ccc(N3CCN(C(=O)C4CCCCC4)CC3)cc2)cc1[N+](=O)[O-]. The smallest absolute Gasteiger partial charge is 0.273 e. The molecule has 4 rings (SSSR count). The van der Waals surface area contributed by atoms with Crippen LogP contribution in [0.1, 0.15) is 48.0 Å². The third-order valence-corrected chi connectivity index (χ3v) is 6.70. The van der Waals surface area contributed by atoms with Gasteiger partial charge in [0.05, 0.1) is 4.92 Å². The number of hydrogen-bond acceptors (Lipinski definition) is 5. The van der Waals surface area contributed by atoms with Crippen LogP contribution < -0.4 is 10.2 Å². The number of nitrogens with zero attached hydrogens (tertiary/aromatic N) is 3. The molecule has 8 heteroatoms. The van der Waals surface area contributed by atoms with Crippen molar-refractivity contribution in [2.24, 2.45) is 5.92 Å². The number of carbonyl (C=O) groups is 2. The highest BCUT2D eigenvalue weighted by atomic mass is 16.6. The summed E-state index contributed by atoms with van der Waals surface area (Å²) in [4.78, 5) is 40.2. The fourth-order valence-corrected chi connectivity index (χ4v) is 4.70. The summed E-state index contributed by atoms with van der Waals surface area (Å²) >= 11 is 0. The summed E-state index contributed by atoms with van der Waals surface area (Å²) in [6, 6.07) is 12.0. The van der Waals surface area contributed by atoms with Gasteiger partial charge >= 0.3 is 0 Å². The minimum Gasteiger partial charge on any atom is -0.368 e. The molecular formula is C25H30N4O4. The summed E-state index contributed by atoms with van der Waals surface area (Å²) in [6.45, 7) is 4.69. The van der Waals surface area contributed by atoms with E-state index in [1.807, 2.05) is 29.2 Å². The molecule has 2 aromatic carbocycles. The van der Waals surface area contributed by atoms with Gasteiger partial charge in [-0.05, 0) is 50.1 Å². The molecule has 174 valence electrons. The first kappa shape index (κ1) is 22.8. The molecule has 1 saturated heterocycles. The fraction of sp³-hybridized carbons (Fsp3) is 0.440. The van der Waals surface area contributed by atoms with E-state index in [9.17, 15) is 19.7 Å². The van der Waals surface area contributed by atoms with Crippen LogP contribution in [0, 0.1) is 23.0 Å². The standard InChI is InChI=1S/C25H30N4O4/c1-18-7-8-20(17-23(18)29(32)33)24(30)26-21-9-11-22(12-10-21)27-13-15-28(16-14-27)25(31)19-5-3-2-4-6-19/h7-12,17,19H,2-6,13-16H2,1H3,(H,26,30). The summed E-state index contributed by atoms with van der Waals surface area (Å²) in [6.07, 6.45) is 5.64. The molecule has 0 atom stereocenters. The second kappa shape index (κ2) is 10.0. The van der Waals surface area contributed by atoms with Gasteiger partial charge in [-0.1, -0.05) is 25.3 Å². The van der Waals surface area contributed by atoms with E-state index in [4.69, 9.17) is 0 Å². The van der Waals surface area contributed by atoms with Crippen LogP contribution in [-0.2, 0) is 4.79 Å². The molecule has 0 bridgehead atoms. The van der Waals surface area contributed by atoms with Crippen molar-refractivity contribution in [1.82, 2.24) is 4.90 Å². The molecule has 0 unspecified atom stereocenters. The van der Waals surface area contributed by atoms with Gasteiger partial charge in [0.25, 0.3) is 11.6 Å². The van der Waals surface area contributed by atoms with Crippen molar-refractivity contribution in [3.63, 3.8) is 0 Å². The normalized spacial score (nSPS) is 17.0. The molecular weight excluding hydrogens is 420 g/mol. The Hall–Kier alpha value is -3.42. The van der Waals surface area contributed by atoms with Crippen LogP contribution in [0.5, 0.6) is 0 Å². The van der Waals surface area contributed by atoms with Crippen molar-refractivity contribution < 1.29 is 14.5 Å². The van der Waals surface area contributed by atoms with Crippen LogP contribution in [0.25, 0.3) is 0 Å². The van der Waals surface area contributed by atoms with Gasteiger partial charge in [-0.25, -0.2) is 0 Å². The van der Waals surface area contributed by atoms with Crippen molar-refractivity contribution >= 4 is 28.9 Å². The number of nitrogens with one attached hydrogen (secondary N) is 1. The lowest BCUT2D eigenvalue weighted by atomic mass is 9.88. The Kier molecular flexibility index (Phi) is 6.91. The van der Waals surface area contributed by atoms with Crippen molar-refractivity contribution in [1.29, 1.82) is 0 Å². The highest BCUT2D eigenvalue weighted by molar-refractivity contribution is 6.04. The van der Waals surface area contributed by atoms with Gasteiger partial charge in [-0.15, -0.1) is 0 Å². The van der Waals surface area contributed by atoms with Gasteiger partial charge in [-0.2, -0.15) is 0 Å². The first-order chi connectivity index (χ1) is 15.9. The highest BCUT2D eigenvalue weighted by Gasteiger charge is 2.28. The molecule has 1 aliphatic carbocycles. The van der Waals surface area contributed by atoms with Crippen LogP contribution in [0.3, 0.4) is 0 Å². The minimum atomic E-state index is -0.483. The lowest BCUT2D eigenvalue weighted by molar-refractivity contribution is -0.385. The Morgan fingerprint density at radius 2 is 1.64 bits per heavy atom. The Balaban J connectivity index is 1.32. The molecule has 2 amide bonds. The van der Waals surface area contributed by atoms with E-state index in [1.165, 1.54) is 25.3 Å². The van der Waals surface area contributed by atoms with Crippen molar-refractivity contribution in [2.45, 2.75) is 39.0 Å². The number of hydrogen-bond donors (Lipinski definition) is 1. The van der Waals surface area contributed by atoms with Crippen LogP contribution in [0.15, 0.2) is 42.5 Å². The first-order valence-electron chi connectivity index (χ1n) is 11.6. The molecule has 1 saturated carbocycles. The van der Waals surface area contributed by atoms with E-state index in [1.54, 1.807) is 19.1 Å². The van der Waals surface area contributed by atoms with E-state index >= 15 is 0 Å². The number of aryl methyl sites for hydroxylation is 1. The van der Waals surface area contributed by atoms with Gasteiger partial charge in [0.2, 0.25) is 5.91 Å². The van der Waals surface area contributed by atoms with Crippen LogP contribution in [0.2, 0.25) is 0 Å². The second-order valence-electron chi connectivity index (χ2n) is 8.91. The lowest BCUT2D eigenvalue weighted by Gasteiger charge is -2.38. The molecule has 0 aromatic heterocycles. The number of benzene rings is 2. The molecule has 1 aliphatic heterocycles. The maximum Gasteiger partial charge on any atom is 0.273 e. The van der Waals surface area contributed by atoms with E-state index in [2.05, 4.69) is 10.2 Å². The average molecular weight is 451 g/mol.